The molecule has 0 amide bonds. The Morgan fingerprint density at radius 2 is 1.09 bits per heavy atom. The first-order chi connectivity index (χ1) is 21.4. The fourth-order valence-electron chi connectivity index (χ4n) is 7.85. The van der Waals surface area contributed by atoms with Crippen molar-refractivity contribution in [3.8, 4) is 0 Å². The molecule has 248 valence electrons. The van der Waals surface area contributed by atoms with Crippen LogP contribution in [0.2, 0.25) is 0 Å². The molecule has 5 rings (SSSR count). The van der Waals surface area contributed by atoms with Crippen LogP contribution in [0.25, 0.3) is 0 Å². The van der Waals surface area contributed by atoms with Crippen molar-refractivity contribution in [2.75, 3.05) is 6.61 Å². The third-order valence-corrected chi connectivity index (χ3v) is 10.1. The van der Waals surface area contributed by atoms with E-state index in [0.29, 0.717) is 79.7 Å². The maximum atomic E-state index is 12.7. The molecule has 12 heteroatoms. The molecule has 0 radical (unpaired) electrons. The highest BCUT2D eigenvalue weighted by Gasteiger charge is 2.34. The Hall–Kier alpha value is -2.28. The van der Waals surface area contributed by atoms with Gasteiger partial charge in [-0.05, 0) is 105 Å². The second-order valence-corrected chi connectivity index (χ2v) is 13.6. The number of cyclic esters (lactones) is 1. The number of Topliss-reactive ketones (excluding diaryl/α,β-unsaturated/α-hetero) is 2. The summed E-state index contributed by atoms with van der Waals surface area (Å²) in [6.45, 7) is 0.215. The first-order valence-electron chi connectivity index (χ1n) is 16.8. The van der Waals surface area contributed by atoms with Crippen molar-refractivity contribution in [1.29, 1.82) is 0 Å². The van der Waals surface area contributed by atoms with Gasteiger partial charge in [-0.25, -0.2) is 14.5 Å². The van der Waals surface area contributed by atoms with E-state index in [1.165, 1.54) is 0 Å². The van der Waals surface area contributed by atoms with Crippen LogP contribution in [0, 0.1) is 29.6 Å². The minimum atomic E-state index is -1.10. The molecule has 2 saturated heterocycles. The van der Waals surface area contributed by atoms with E-state index in [9.17, 15) is 19.2 Å². The van der Waals surface area contributed by atoms with E-state index >= 15 is 0 Å². The average Bonchev–Trinajstić information content (AvgIpc) is 3.79. The summed E-state index contributed by atoms with van der Waals surface area (Å²) in [5, 5.41) is 4.48. The smallest absolute Gasteiger partial charge is 0.434 e. The molecule has 8 unspecified atom stereocenters. The lowest BCUT2D eigenvalue weighted by Gasteiger charge is -2.13. The molecule has 3 aliphatic carbocycles. The first kappa shape index (κ1) is 33.1. The minimum Gasteiger partial charge on any atom is -0.434 e. The van der Waals surface area contributed by atoms with Crippen molar-refractivity contribution in [3.05, 3.63) is 0 Å². The molecule has 3 saturated carbocycles. The molecule has 8 atom stereocenters. The van der Waals surface area contributed by atoms with Crippen LogP contribution in [0.4, 0.5) is 9.59 Å². The lowest BCUT2D eigenvalue weighted by atomic mass is 9.92. The van der Waals surface area contributed by atoms with E-state index in [1.807, 2.05) is 0 Å². The summed E-state index contributed by atoms with van der Waals surface area (Å²) in [5.74, 6) is 3.03. The molecule has 5 aliphatic rings. The highest BCUT2D eigenvalue weighted by atomic mass is 17.5. The number of ether oxygens (including phenoxy) is 3. The Morgan fingerprint density at radius 1 is 0.500 bits per heavy atom. The van der Waals surface area contributed by atoms with Gasteiger partial charge >= 0.3 is 12.3 Å². The van der Waals surface area contributed by atoms with Crippen LogP contribution < -0.4 is 0 Å². The van der Waals surface area contributed by atoms with Gasteiger partial charge < -0.3 is 14.2 Å². The third-order valence-electron chi connectivity index (χ3n) is 10.1. The molecule has 2 heterocycles. The van der Waals surface area contributed by atoms with Gasteiger partial charge in [-0.2, -0.15) is 14.7 Å². The number of fused-ring (bicyclic) bond motifs is 8. The van der Waals surface area contributed by atoms with Gasteiger partial charge in [-0.3, -0.25) is 9.59 Å². The van der Waals surface area contributed by atoms with Crippen molar-refractivity contribution < 1.29 is 58.0 Å². The quantitative estimate of drug-likeness (QED) is 0.206. The number of hydrogen-bond donors (Lipinski definition) is 0. The number of carbonyl (C=O) groups excluding carboxylic acids is 4. The lowest BCUT2D eigenvalue weighted by Crippen LogP contribution is -2.21. The summed E-state index contributed by atoms with van der Waals surface area (Å²) in [7, 11) is 0. The Kier molecular flexibility index (Phi) is 12.7. The van der Waals surface area contributed by atoms with E-state index in [4.69, 9.17) is 28.9 Å². The summed E-state index contributed by atoms with van der Waals surface area (Å²) in [5.41, 5.74) is 0. The number of hydrogen-bond acceptors (Lipinski definition) is 12. The van der Waals surface area contributed by atoms with Gasteiger partial charge in [0.1, 0.15) is 17.7 Å². The van der Waals surface area contributed by atoms with Crippen LogP contribution in [0.5, 0.6) is 0 Å². The van der Waals surface area contributed by atoms with Gasteiger partial charge in [0, 0.05) is 25.7 Å². The van der Waals surface area contributed by atoms with E-state index in [-0.39, 0.29) is 19.1 Å². The average molecular weight is 625 g/mol. The van der Waals surface area contributed by atoms with E-state index in [0.717, 1.165) is 77.0 Å². The summed E-state index contributed by atoms with van der Waals surface area (Å²) >= 11 is 0. The summed E-state index contributed by atoms with van der Waals surface area (Å²) in [6.07, 6.45) is 11.5. The van der Waals surface area contributed by atoms with Crippen molar-refractivity contribution >= 4 is 23.9 Å². The molecule has 12 nitrogen and oxygen atoms in total. The standard InChI is InChI=1S/C32H48O12/c33-26-5-1-3-21-7-9-24(15-21)17-27(34)6-2-4-22-11-12-28(19-22)38-32(36)43-44-42-30-20-29(40-41-30)39-31(35)37-14-13-23-8-10-25(16-23)18-26/h21-25,28-30H,1-20H2. The highest BCUT2D eigenvalue weighted by molar-refractivity contribution is 5.79. The van der Waals surface area contributed by atoms with Gasteiger partial charge in [-0.1, -0.05) is 19.3 Å². The van der Waals surface area contributed by atoms with Crippen LogP contribution in [0.1, 0.15) is 122 Å². The lowest BCUT2D eigenvalue weighted by molar-refractivity contribution is -0.542. The Balaban J connectivity index is 1.06. The van der Waals surface area contributed by atoms with Gasteiger partial charge in [-0.15, -0.1) is 0 Å². The number of rotatable bonds is 0. The molecule has 0 spiro atoms. The Bertz CT molecular complexity index is 819. The van der Waals surface area contributed by atoms with Crippen molar-refractivity contribution in [2.45, 2.75) is 141 Å². The molecule has 2 aliphatic heterocycles. The fraction of sp³-hybridized carbons (Fsp3) is 0.875. The zero-order valence-corrected chi connectivity index (χ0v) is 25.7. The van der Waals surface area contributed by atoms with Gasteiger partial charge in [0.15, 0.2) is 0 Å². The van der Waals surface area contributed by atoms with Crippen LogP contribution in [-0.4, -0.2) is 49.2 Å². The second-order valence-electron chi connectivity index (χ2n) is 13.6. The summed E-state index contributed by atoms with van der Waals surface area (Å²) < 4.78 is 15.6. The van der Waals surface area contributed by atoms with Crippen molar-refractivity contribution in [2.24, 2.45) is 29.6 Å². The number of ketones is 2. The highest BCUT2D eigenvalue weighted by Crippen LogP contribution is 2.38. The van der Waals surface area contributed by atoms with Gasteiger partial charge in [0.25, 0.3) is 0 Å². The minimum absolute atomic E-state index is 0.0278. The first-order valence-corrected chi connectivity index (χ1v) is 16.8. The predicted octanol–water partition coefficient (Wildman–Crippen LogP) is 6.82. The molecule has 0 aromatic carbocycles. The fourth-order valence-corrected chi connectivity index (χ4v) is 7.85. The molecule has 0 aromatic heterocycles. The normalized spacial score (nSPS) is 37.6. The van der Waals surface area contributed by atoms with E-state index in [2.05, 4.69) is 9.93 Å². The maximum Gasteiger partial charge on any atom is 0.542 e. The van der Waals surface area contributed by atoms with E-state index < -0.39 is 24.9 Å². The predicted molar refractivity (Wildman–Crippen MR) is 151 cm³/mol. The second kappa shape index (κ2) is 16.9. The van der Waals surface area contributed by atoms with Crippen LogP contribution >= 0.6 is 0 Å². The zero-order valence-electron chi connectivity index (χ0n) is 25.7. The number of carbonyl (C=O) groups is 4. The van der Waals surface area contributed by atoms with E-state index in [1.54, 1.807) is 0 Å². The molecule has 5 fully saturated rings. The van der Waals surface area contributed by atoms with Gasteiger partial charge in [0.05, 0.1) is 13.0 Å². The molecule has 0 aromatic rings. The monoisotopic (exact) mass is 624 g/mol. The molecular formula is C32H48O12. The summed E-state index contributed by atoms with van der Waals surface area (Å²) in [4.78, 5) is 68.6. The van der Waals surface area contributed by atoms with Crippen molar-refractivity contribution in [3.63, 3.8) is 0 Å². The zero-order chi connectivity index (χ0) is 30.7. The van der Waals surface area contributed by atoms with Crippen molar-refractivity contribution in [1.82, 2.24) is 0 Å². The Labute approximate surface area is 258 Å². The maximum absolute atomic E-state index is 12.7. The molecule has 44 heavy (non-hydrogen) atoms. The molecule has 0 N–H and O–H groups in total. The van der Waals surface area contributed by atoms with Crippen LogP contribution in [0.3, 0.4) is 0 Å². The summed E-state index contributed by atoms with van der Waals surface area (Å²) in [6, 6.07) is 0. The topological polar surface area (TPSA) is 142 Å². The van der Waals surface area contributed by atoms with Crippen LogP contribution in [0.15, 0.2) is 0 Å². The molecule has 8 bridgehead atoms. The Morgan fingerprint density at radius 3 is 1.80 bits per heavy atom. The largest absolute Gasteiger partial charge is 0.542 e. The van der Waals surface area contributed by atoms with Gasteiger partial charge in [0.2, 0.25) is 12.6 Å². The SMILES string of the molecule is O=C1CCCC2CCC(C2)OC(=O)OOOC2CC(OO2)OC(=O)OCCC2CCC(CC(=O)CCCC3CCC(C1)C3)C2. The van der Waals surface area contributed by atoms with Crippen LogP contribution in [-0.2, 0) is 48.4 Å². The third kappa shape index (κ3) is 11.0. The molecular weight excluding hydrogens is 576 g/mol.